The van der Waals surface area contributed by atoms with Crippen LogP contribution >= 0.6 is 11.6 Å². The normalized spacial score (nSPS) is 13.5. The number of fused-ring (bicyclic) bond motifs is 1. The lowest BCUT2D eigenvalue weighted by atomic mass is 10.2. The molecule has 4 rings (SSSR count). The Hall–Kier alpha value is -3.18. The van der Waals surface area contributed by atoms with Crippen LogP contribution in [0.1, 0.15) is 5.69 Å². The van der Waals surface area contributed by atoms with Crippen LogP contribution in [0.3, 0.4) is 0 Å². The molecule has 10 nitrogen and oxygen atoms in total. The topological polar surface area (TPSA) is 115 Å². The van der Waals surface area contributed by atoms with Crippen molar-refractivity contribution < 1.29 is 22.2 Å². The zero-order chi connectivity index (χ0) is 23.3. The Morgan fingerprint density at radius 2 is 1.84 bits per heavy atom. The number of amides is 1. The number of ether oxygens (including phenoxy) is 1. The molecule has 0 bridgehead atoms. The molecule has 12 heteroatoms. The lowest BCUT2D eigenvalue weighted by Crippen LogP contribution is -2.49. The standard InChI is InChI=1S/C20H22ClN5O2.O3S/c1-14-16-4-3-7-22-20(16)26(23-14)13-19(27)25-10-8-24(9-11-25)15-5-6-17(21)18(12-15)28-2;1-4(2)3/h3-7,12H,8-11,13H2,1-2H3;. The smallest absolute Gasteiger partial charge is 0.425 e. The lowest BCUT2D eigenvalue weighted by Gasteiger charge is -2.36. The summed E-state index contributed by atoms with van der Waals surface area (Å²) < 4.78 is 32.3. The Labute approximate surface area is 191 Å². The van der Waals surface area contributed by atoms with Gasteiger partial charge in [0.2, 0.25) is 5.91 Å². The minimum Gasteiger partial charge on any atom is -0.495 e. The molecule has 1 fully saturated rings. The fraction of sp³-hybridized carbons (Fsp3) is 0.350. The van der Waals surface area contributed by atoms with Gasteiger partial charge in [0.25, 0.3) is 0 Å². The number of halogens is 1. The maximum atomic E-state index is 12.8. The van der Waals surface area contributed by atoms with Gasteiger partial charge in [0.1, 0.15) is 12.3 Å². The van der Waals surface area contributed by atoms with Gasteiger partial charge in [0.05, 0.1) is 17.8 Å². The van der Waals surface area contributed by atoms with E-state index in [0.29, 0.717) is 23.9 Å². The van der Waals surface area contributed by atoms with Crippen LogP contribution in [-0.4, -0.2) is 71.5 Å². The third kappa shape index (κ3) is 5.54. The predicted octanol–water partition coefficient (Wildman–Crippen LogP) is 1.75. The van der Waals surface area contributed by atoms with Crippen molar-refractivity contribution in [3.8, 4) is 5.75 Å². The molecule has 1 amide bonds. The van der Waals surface area contributed by atoms with Gasteiger partial charge in [-0.05, 0) is 31.2 Å². The average molecular weight is 480 g/mol. The predicted molar refractivity (Wildman–Crippen MR) is 119 cm³/mol. The third-order valence-corrected chi connectivity index (χ3v) is 5.42. The Morgan fingerprint density at radius 1 is 1.16 bits per heavy atom. The quantitative estimate of drug-likeness (QED) is 0.555. The number of anilines is 1. The fourth-order valence-electron chi connectivity index (χ4n) is 3.56. The Balaban J connectivity index is 0.000000668. The molecular weight excluding hydrogens is 458 g/mol. The van der Waals surface area contributed by atoms with Crippen molar-refractivity contribution in [2.75, 3.05) is 38.2 Å². The molecule has 2 aromatic heterocycles. The van der Waals surface area contributed by atoms with E-state index in [1.165, 1.54) is 0 Å². The van der Waals surface area contributed by atoms with Crippen molar-refractivity contribution in [1.82, 2.24) is 19.7 Å². The molecule has 0 radical (unpaired) electrons. The van der Waals surface area contributed by atoms with E-state index in [2.05, 4.69) is 15.0 Å². The maximum absolute atomic E-state index is 12.8. The lowest BCUT2D eigenvalue weighted by molar-refractivity contribution is -0.132. The molecule has 170 valence electrons. The van der Waals surface area contributed by atoms with Gasteiger partial charge >= 0.3 is 10.6 Å². The molecule has 0 aliphatic carbocycles. The van der Waals surface area contributed by atoms with Crippen molar-refractivity contribution in [2.45, 2.75) is 13.5 Å². The molecule has 0 N–H and O–H groups in total. The summed E-state index contributed by atoms with van der Waals surface area (Å²) in [5, 5.41) is 6.06. The SMILES string of the molecule is COc1cc(N2CCN(C(=O)Cn3nc(C)c4cccnc43)CC2)ccc1Cl.O=S(=O)=O. The highest BCUT2D eigenvalue weighted by atomic mass is 35.5. The summed E-state index contributed by atoms with van der Waals surface area (Å²) >= 11 is 6.11. The minimum atomic E-state index is -3.11. The molecule has 32 heavy (non-hydrogen) atoms. The summed E-state index contributed by atoms with van der Waals surface area (Å²) in [6.07, 6.45) is 1.73. The second-order valence-electron chi connectivity index (χ2n) is 7.01. The largest absolute Gasteiger partial charge is 0.495 e. The molecule has 3 aromatic rings. The van der Waals surface area contributed by atoms with E-state index in [-0.39, 0.29) is 12.5 Å². The molecule has 0 unspecified atom stereocenters. The van der Waals surface area contributed by atoms with Crippen molar-refractivity contribution >= 4 is 44.8 Å². The summed E-state index contributed by atoms with van der Waals surface area (Å²) in [6, 6.07) is 9.61. The first-order valence-electron chi connectivity index (χ1n) is 9.71. The second kappa shape index (κ2) is 10.4. The number of rotatable bonds is 4. The number of carbonyl (C=O) groups is 1. The maximum Gasteiger partial charge on any atom is 0.425 e. The minimum absolute atomic E-state index is 0.0587. The van der Waals surface area contributed by atoms with Crippen LogP contribution in [0.5, 0.6) is 5.75 Å². The number of nitrogens with zero attached hydrogens (tertiary/aromatic N) is 5. The first kappa shape index (κ1) is 23.5. The molecule has 1 aliphatic heterocycles. The van der Waals surface area contributed by atoms with Crippen molar-refractivity contribution in [1.29, 1.82) is 0 Å². The van der Waals surface area contributed by atoms with E-state index >= 15 is 0 Å². The summed E-state index contributed by atoms with van der Waals surface area (Å²) in [5.74, 6) is 0.717. The summed E-state index contributed by atoms with van der Waals surface area (Å²) in [4.78, 5) is 21.3. The van der Waals surface area contributed by atoms with Crippen LogP contribution in [0, 0.1) is 6.92 Å². The van der Waals surface area contributed by atoms with E-state index in [9.17, 15) is 4.79 Å². The van der Waals surface area contributed by atoms with Gasteiger partial charge in [-0.1, -0.05) is 11.6 Å². The highest BCUT2D eigenvalue weighted by Crippen LogP contribution is 2.29. The number of piperazine rings is 1. The highest BCUT2D eigenvalue weighted by Gasteiger charge is 2.23. The van der Waals surface area contributed by atoms with E-state index in [4.69, 9.17) is 29.0 Å². The Kier molecular flexibility index (Phi) is 7.65. The zero-order valence-electron chi connectivity index (χ0n) is 17.6. The highest BCUT2D eigenvalue weighted by molar-refractivity contribution is 7.59. The number of benzene rings is 1. The number of pyridine rings is 1. The van der Waals surface area contributed by atoms with Crippen LogP contribution < -0.4 is 9.64 Å². The van der Waals surface area contributed by atoms with Crippen LogP contribution in [0.2, 0.25) is 5.02 Å². The van der Waals surface area contributed by atoms with Crippen LogP contribution in [-0.2, 0) is 21.9 Å². The Morgan fingerprint density at radius 3 is 2.50 bits per heavy atom. The van der Waals surface area contributed by atoms with Gasteiger partial charge in [-0.2, -0.15) is 5.10 Å². The number of aryl methyl sites for hydroxylation is 1. The number of aromatic nitrogens is 3. The van der Waals surface area contributed by atoms with Gasteiger partial charge in [0.15, 0.2) is 5.65 Å². The zero-order valence-corrected chi connectivity index (χ0v) is 19.1. The van der Waals surface area contributed by atoms with Gasteiger partial charge in [-0.15, -0.1) is 12.6 Å². The van der Waals surface area contributed by atoms with Crippen molar-refractivity contribution in [3.63, 3.8) is 0 Å². The van der Waals surface area contributed by atoms with E-state index < -0.39 is 10.6 Å². The molecule has 0 spiro atoms. The fourth-order valence-corrected chi connectivity index (χ4v) is 3.76. The number of carbonyl (C=O) groups excluding carboxylic acids is 1. The van der Waals surface area contributed by atoms with Crippen LogP contribution in [0.25, 0.3) is 11.0 Å². The van der Waals surface area contributed by atoms with E-state index in [1.54, 1.807) is 18.0 Å². The van der Waals surface area contributed by atoms with Crippen LogP contribution in [0.4, 0.5) is 5.69 Å². The number of methoxy groups -OCH3 is 1. The molecule has 1 aromatic carbocycles. The molecule has 1 saturated heterocycles. The first-order valence-corrected chi connectivity index (χ1v) is 11.1. The summed E-state index contributed by atoms with van der Waals surface area (Å²) in [7, 11) is -1.50. The van der Waals surface area contributed by atoms with Crippen molar-refractivity contribution in [3.05, 3.63) is 47.2 Å². The first-order chi connectivity index (χ1) is 15.3. The van der Waals surface area contributed by atoms with Crippen molar-refractivity contribution in [2.24, 2.45) is 0 Å². The number of hydrogen-bond donors (Lipinski definition) is 0. The third-order valence-electron chi connectivity index (χ3n) is 5.11. The monoisotopic (exact) mass is 479 g/mol. The summed E-state index contributed by atoms with van der Waals surface area (Å²) in [6.45, 7) is 4.98. The van der Waals surface area contributed by atoms with Gasteiger partial charge in [0, 0.05) is 49.5 Å². The average Bonchev–Trinajstić information content (AvgIpc) is 3.09. The molecule has 1 aliphatic rings. The molecule has 0 saturated carbocycles. The van der Waals surface area contributed by atoms with Crippen LogP contribution in [0.15, 0.2) is 36.5 Å². The second-order valence-corrected chi connectivity index (χ2v) is 7.82. The summed E-state index contributed by atoms with van der Waals surface area (Å²) in [5.41, 5.74) is 2.68. The van der Waals surface area contributed by atoms with Gasteiger partial charge in [-0.25, -0.2) is 9.67 Å². The van der Waals surface area contributed by atoms with E-state index in [1.807, 2.05) is 42.2 Å². The molecule has 3 heterocycles. The Bertz CT molecular complexity index is 1220. The van der Waals surface area contributed by atoms with E-state index in [0.717, 1.165) is 35.5 Å². The van der Waals surface area contributed by atoms with Gasteiger partial charge < -0.3 is 14.5 Å². The number of hydrogen-bond acceptors (Lipinski definition) is 8. The molecular formula is C20H22ClN5O5S. The molecule has 0 atom stereocenters. The van der Waals surface area contributed by atoms with Gasteiger partial charge in [-0.3, -0.25) is 4.79 Å².